The molecule has 4 aromatic rings. The third-order valence-corrected chi connectivity index (χ3v) is 7.19. The normalized spacial score (nSPS) is 14.6. The van der Waals surface area contributed by atoms with Gasteiger partial charge in [-0.2, -0.15) is 18.2 Å². The maximum absolute atomic E-state index is 13.6. The number of oxazole rings is 1. The minimum atomic E-state index is -4.38. The summed E-state index contributed by atoms with van der Waals surface area (Å²) in [4.78, 5) is 6.79. The Labute approximate surface area is 242 Å². The summed E-state index contributed by atoms with van der Waals surface area (Å²) in [5.41, 5.74) is 3.03. The average molecular weight is 584 g/mol. The van der Waals surface area contributed by atoms with Crippen LogP contribution in [0.4, 0.5) is 23.6 Å². The molecule has 1 fully saturated rings. The highest BCUT2D eigenvalue weighted by atomic mass is 19.4. The summed E-state index contributed by atoms with van der Waals surface area (Å²) in [7, 11) is 0. The van der Waals surface area contributed by atoms with Gasteiger partial charge in [-0.25, -0.2) is 4.39 Å². The smallest absolute Gasteiger partial charge is 0.416 e. The molecule has 3 aromatic carbocycles. The standard InChI is InChI=1S/C32H33F4N3O3/c1-3-40-28-17-21(18-29(41-4-2)30(28)23-7-11-25(33)12-8-23)19-39-15-13-26(14-16-39)37-31-38-27(20-42-31)22-5-9-24(10-6-22)32(34,35)36/h5-12,17-18,20,26H,3-4,13-16,19H2,1-2H3,(H,37,38). The molecule has 1 N–H and O–H groups in total. The molecule has 1 saturated heterocycles. The zero-order valence-electron chi connectivity index (χ0n) is 23.5. The molecule has 0 spiro atoms. The fraction of sp³-hybridized carbons (Fsp3) is 0.344. The summed E-state index contributed by atoms with van der Waals surface area (Å²) in [5, 5.41) is 3.32. The van der Waals surface area contributed by atoms with E-state index in [2.05, 4.69) is 15.2 Å². The molecule has 0 amide bonds. The van der Waals surface area contributed by atoms with Crippen LogP contribution in [0.25, 0.3) is 22.4 Å². The maximum atomic E-state index is 13.6. The lowest BCUT2D eigenvalue weighted by Crippen LogP contribution is -2.38. The minimum absolute atomic E-state index is 0.152. The van der Waals surface area contributed by atoms with Crippen LogP contribution in [0.2, 0.25) is 0 Å². The number of likely N-dealkylation sites (tertiary alicyclic amines) is 1. The molecule has 42 heavy (non-hydrogen) atoms. The number of anilines is 1. The third kappa shape index (κ3) is 7.05. The number of aromatic nitrogens is 1. The van der Waals surface area contributed by atoms with Crippen molar-refractivity contribution in [2.24, 2.45) is 0 Å². The van der Waals surface area contributed by atoms with Crippen molar-refractivity contribution in [1.29, 1.82) is 0 Å². The van der Waals surface area contributed by atoms with Crippen molar-refractivity contribution in [1.82, 2.24) is 9.88 Å². The van der Waals surface area contributed by atoms with E-state index in [0.29, 0.717) is 48.5 Å². The van der Waals surface area contributed by atoms with Gasteiger partial charge < -0.3 is 19.2 Å². The van der Waals surface area contributed by atoms with E-state index in [1.54, 1.807) is 12.1 Å². The lowest BCUT2D eigenvalue weighted by atomic mass is 9.99. The monoisotopic (exact) mass is 583 g/mol. The molecule has 0 unspecified atom stereocenters. The van der Waals surface area contributed by atoms with Crippen LogP contribution in [-0.2, 0) is 12.7 Å². The van der Waals surface area contributed by atoms with Crippen LogP contribution < -0.4 is 14.8 Å². The largest absolute Gasteiger partial charge is 0.493 e. The predicted molar refractivity (Wildman–Crippen MR) is 153 cm³/mol. The maximum Gasteiger partial charge on any atom is 0.416 e. The zero-order valence-corrected chi connectivity index (χ0v) is 23.5. The number of benzene rings is 3. The Bertz CT molecular complexity index is 1430. The summed E-state index contributed by atoms with van der Waals surface area (Å²) >= 11 is 0. The van der Waals surface area contributed by atoms with Crippen molar-refractivity contribution in [3.63, 3.8) is 0 Å². The third-order valence-electron chi connectivity index (χ3n) is 7.19. The molecule has 5 rings (SSSR count). The van der Waals surface area contributed by atoms with E-state index >= 15 is 0 Å². The van der Waals surface area contributed by atoms with Gasteiger partial charge in [0.15, 0.2) is 0 Å². The molecule has 2 heterocycles. The highest BCUT2D eigenvalue weighted by Gasteiger charge is 2.30. The predicted octanol–water partition coefficient (Wildman–Crippen LogP) is 8.04. The van der Waals surface area contributed by atoms with Crippen LogP contribution in [0.1, 0.15) is 37.8 Å². The summed E-state index contributed by atoms with van der Waals surface area (Å²) in [6.07, 6.45) is -1.21. The topological polar surface area (TPSA) is 59.8 Å². The van der Waals surface area contributed by atoms with Gasteiger partial charge >= 0.3 is 6.18 Å². The van der Waals surface area contributed by atoms with Crippen molar-refractivity contribution < 1.29 is 31.5 Å². The fourth-order valence-corrected chi connectivity index (χ4v) is 5.15. The lowest BCUT2D eigenvalue weighted by molar-refractivity contribution is -0.137. The van der Waals surface area contributed by atoms with Crippen LogP contribution in [0, 0.1) is 5.82 Å². The SMILES string of the molecule is CCOc1cc(CN2CCC(Nc3nc(-c4ccc(C(F)(F)F)cc4)co3)CC2)cc(OCC)c1-c1ccc(F)cc1. The molecule has 0 radical (unpaired) electrons. The van der Waals surface area contributed by atoms with Crippen LogP contribution in [0.15, 0.2) is 71.3 Å². The van der Waals surface area contributed by atoms with Crippen LogP contribution >= 0.6 is 0 Å². The van der Waals surface area contributed by atoms with Crippen molar-refractivity contribution in [2.45, 2.75) is 45.5 Å². The first kappa shape index (κ1) is 29.4. The lowest BCUT2D eigenvalue weighted by Gasteiger charge is -2.32. The Morgan fingerprint density at radius 2 is 1.50 bits per heavy atom. The summed E-state index contributed by atoms with van der Waals surface area (Å²) in [6.45, 7) is 7.24. The molecule has 222 valence electrons. The second-order valence-electron chi connectivity index (χ2n) is 10.1. The Morgan fingerprint density at radius 3 is 2.07 bits per heavy atom. The number of hydrogen-bond donors (Lipinski definition) is 1. The number of ether oxygens (including phenoxy) is 2. The molecule has 1 aliphatic heterocycles. The second-order valence-corrected chi connectivity index (χ2v) is 10.1. The summed E-state index contributed by atoms with van der Waals surface area (Å²) in [6, 6.07) is 15.8. The number of hydrogen-bond acceptors (Lipinski definition) is 6. The average Bonchev–Trinajstić information content (AvgIpc) is 3.43. The van der Waals surface area contributed by atoms with E-state index in [0.717, 1.165) is 54.8 Å². The number of nitrogens with one attached hydrogen (secondary N) is 1. The number of halogens is 4. The van der Waals surface area contributed by atoms with E-state index in [1.165, 1.54) is 30.5 Å². The Morgan fingerprint density at radius 1 is 0.905 bits per heavy atom. The highest BCUT2D eigenvalue weighted by Crippen LogP contribution is 2.40. The van der Waals surface area contributed by atoms with Crippen LogP contribution in [0.3, 0.4) is 0 Å². The molecule has 10 heteroatoms. The Balaban J connectivity index is 1.22. The fourth-order valence-electron chi connectivity index (χ4n) is 5.15. The van der Waals surface area contributed by atoms with Gasteiger partial charge in [0.2, 0.25) is 0 Å². The highest BCUT2D eigenvalue weighted by molar-refractivity contribution is 5.77. The van der Waals surface area contributed by atoms with Gasteiger partial charge in [0.1, 0.15) is 29.3 Å². The van der Waals surface area contributed by atoms with Crippen LogP contribution in [0.5, 0.6) is 11.5 Å². The molecule has 1 aromatic heterocycles. The number of alkyl halides is 3. The van der Waals surface area contributed by atoms with E-state index in [1.807, 2.05) is 26.0 Å². The van der Waals surface area contributed by atoms with E-state index in [4.69, 9.17) is 13.9 Å². The quantitative estimate of drug-likeness (QED) is 0.191. The second kappa shape index (κ2) is 12.9. The van der Waals surface area contributed by atoms with Gasteiger partial charge in [0, 0.05) is 31.2 Å². The Kier molecular flexibility index (Phi) is 9.01. The van der Waals surface area contributed by atoms with Crippen LogP contribution in [-0.4, -0.2) is 42.2 Å². The first-order chi connectivity index (χ1) is 20.2. The molecular weight excluding hydrogens is 550 g/mol. The zero-order chi connectivity index (χ0) is 29.7. The number of piperidine rings is 1. The molecule has 1 aliphatic rings. The van der Waals surface area contributed by atoms with Gasteiger partial charge in [-0.3, -0.25) is 4.90 Å². The molecular formula is C32H33F4N3O3. The first-order valence-corrected chi connectivity index (χ1v) is 14.0. The van der Waals surface area contributed by atoms with Gasteiger partial charge in [-0.1, -0.05) is 24.3 Å². The summed E-state index contributed by atoms with van der Waals surface area (Å²) in [5.74, 6) is 1.11. The summed E-state index contributed by atoms with van der Waals surface area (Å²) < 4.78 is 69.7. The van der Waals surface area contributed by atoms with Crippen molar-refractivity contribution in [3.05, 3.63) is 83.9 Å². The molecule has 0 aliphatic carbocycles. The molecule has 0 atom stereocenters. The number of nitrogens with zero attached hydrogens (tertiary/aromatic N) is 2. The van der Waals surface area contributed by atoms with Crippen molar-refractivity contribution in [3.8, 4) is 33.9 Å². The van der Waals surface area contributed by atoms with Gasteiger partial charge in [-0.05, 0) is 74.2 Å². The number of rotatable bonds is 10. The van der Waals surface area contributed by atoms with E-state index in [-0.39, 0.29) is 11.9 Å². The van der Waals surface area contributed by atoms with Gasteiger partial charge in [0.05, 0.1) is 24.3 Å². The Hall–Kier alpha value is -4.05. The first-order valence-electron chi connectivity index (χ1n) is 14.0. The van der Waals surface area contributed by atoms with E-state index < -0.39 is 11.7 Å². The van der Waals surface area contributed by atoms with Gasteiger partial charge in [-0.15, -0.1) is 0 Å². The molecule has 6 nitrogen and oxygen atoms in total. The van der Waals surface area contributed by atoms with Crippen molar-refractivity contribution in [2.75, 3.05) is 31.6 Å². The molecule has 0 saturated carbocycles. The van der Waals surface area contributed by atoms with Gasteiger partial charge in [0.25, 0.3) is 6.01 Å². The minimum Gasteiger partial charge on any atom is -0.493 e. The van der Waals surface area contributed by atoms with E-state index in [9.17, 15) is 17.6 Å². The van der Waals surface area contributed by atoms with Crippen molar-refractivity contribution >= 4 is 6.01 Å². The molecule has 0 bridgehead atoms.